The SMILES string of the molecule is COc1ccc(NC(=O)CSc2nnnn2-c2cccc3c2CCCC3)c(OC)c1. The van der Waals surface area contributed by atoms with Crippen molar-refractivity contribution in [3.63, 3.8) is 0 Å². The molecular weight excluding hydrogens is 402 g/mol. The Hall–Kier alpha value is -3.07. The summed E-state index contributed by atoms with van der Waals surface area (Å²) in [6.07, 6.45) is 4.48. The number of rotatable bonds is 7. The molecular formula is C21H23N5O3S. The lowest BCUT2D eigenvalue weighted by Gasteiger charge is -2.19. The van der Waals surface area contributed by atoms with Crippen LogP contribution >= 0.6 is 11.8 Å². The second kappa shape index (κ2) is 9.17. The number of fused-ring (bicyclic) bond motifs is 1. The van der Waals surface area contributed by atoms with E-state index in [9.17, 15) is 4.79 Å². The van der Waals surface area contributed by atoms with E-state index in [0.29, 0.717) is 22.3 Å². The summed E-state index contributed by atoms with van der Waals surface area (Å²) in [5.41, 5.74) is 4.23. The number of nitrogens with zero attached hydrogens (tertiary/aromatic N) is 4. The molecule has 1 aliphatic carbocycles. The molecule has 0 fully saturated rings. The number of methoxy groups -OCH3 is 2. The number of ether oxygens (including phenoxy) is 2. The van der Waals surface area contributed by atoms with Gasteiger partial charge in [-0.25, -0.2) is 0 Å². The van der Waals surface area contributed by atoms with Crippen LogP contribution in [0.1, 0.15) is 24.0 Å². The summed E-state index contributed by atoms with van der Waals surface area (Å²) in [4.78, 5) is 12.5. The second-order valence-electron chi connectivity index (χ2n) is 6.90. The van der Waals surface area contributed by atoms with E-state index in [1.807, 2.05) is 12.1 Å². The van der Waals surface area contributed by atoms with Gasteiger partial charge in [-0.3, -0.25) is 4.79 Å². The highest BCUT2D eigenvalue weighted by molar-refractivity contribution is 7.99. The first-order valence-electron chi connectivity index (χ1n) is 9.74. The molecule has 8 nitrogen and oxygen atoms in total. The number of benzene rings is 2. The number of carbonyl (C=O) groups excluding carboxylic acids is 1. The zero-order valence-electron chi connectivity index (χ0n) is 16.9. The Balaban J connectivity index is 1.46. The zero-order chi connectivity index (χ0) is 20.9. The van der Waals surface area contributed by atoms with Gasteiger partial charge in [-0.2, -0.15) is 4.68 Å². The van der Waals surface area contributed by atoms with Gasteiger partial charge < -0.3 is 14.8 Å². The molecule has 0 spiro atoms. The summed E-state index contributed by atoms with van der Waals surface area (Å²) in [5, 5.41) is 15.6. The summed E-state index contributed by atoms with van der Waals surface area (Å²) in [6, 6.07) is 11.5. The fourth-order valence-electron chi connectivity index (χ4n) is 3.60. The number of aryl methyl sites for hydroxylation is 1. The van der Waals surface area contributed by atoms with E-state index in [1.54, 1.807) is 37.1 Å². The normalized spacial score (nSPS) is 12.9. The van der Waals surface area contributed by atoms with Crippen LogP contribution < -0.4 is 14.8 Å². The Bertz CT molecular complexity index is 1050. The smallest absolute Gasteiger partial charge is 0.234 e. The van der Waals surface area contributed by atoms with E-state index in [0.717, 1.165) is 18.5 Å². The van der Waals surface area contributed by atoms with Crippen LogP contribution in [0.4, 0.5) is 5.69 Å². The van der Waals surface area contributed by atoms with Crippen LogP contribution in [0, 0.1) is 0 Å². The molecule has 0 atom stereocenters. The number of tetrazole rings is 1. The lowest BCUT2D eigenvalue weighted by atomic mass is 9.90. The summed E-state index contributed by atoms with van der Waals surface area (Å²) in [6.45, 7) is 0. The van der Waals surface area contributed by atoms with Gasteiger partial charge in [-0.1, -0.05) is 23.9 Å². The summed E-state index contributed by atoms with van der Waals surface area (Å²) >= 11 is 1.30. The van der Waals surface area contributed by atoms with Crippen molar-refractivity contribution in [1.29, 1.82) is 0 Å². The monoisotopic (exact) mass is 425 g/mol. The summed E-state index contributed by atoms with van der Waals surface area (Å²) < 4.78 is 12.2. The fourth-order valence-corrected chi connectivity index (χ4v) is 4.28. The number of aromatic nitrogens is 4. The molecule has 0 saturated heterocycles. The molecule has 1 amide bonds. The molecule has 9 heteroatoms. The van der Waals surface area contributed by atoms with Crippen LogP contribution in [-0.4, -0.2) is 46.1 Å². The molecule has 2 aromatic carbocycles. The molecule has 4 rings (SSSR count). The van der Waals surface area contributed by atoms with E-state index >= 15 is 0 Å². The maximum Gasteiger partial charge on any atom is 0.234 e. The average molecular weight is 426 g/mol. The van der Waals surface area contributed by atoms with Crippen LogP contribution in [0.2, 0.25) is 0 Å². The topological polar surface area (TPSA) is 91.2 Å². The minimum absolute atomic E-state index is 0.171. The number of hydrogen-bond donors (Lipinski definition) is 1. The lowest BCUT2D eigenvalue weighted by Crippen LogP contribution is -2.15. The molecule has 1 N–H and O–H groups in total. The Morgan fingerprint density at radius 1 is 1.17 bits per heavy atom. The van der Waals surface area contributed by atoms with Crippen LogP contribution in [-0.2, 0) is 17.6 Å². The Labute approximate surface area is 179 Å². The number of amides is 1. The molecule has 1 aromatic heterocycles. The van der Waals surface area contributed by atoms with Gasteiger partial charge in [-0.15, -0.1) is 5.10 Å². The first kappa shape index (κ1) is 20.2. The van der Waals surface area contributed by atoms with Crippen molar-refractivity contribution < 1.29 is 14.3 Å². The molecule has 0 saturated carbocycles. The third-order valence-corrected chi connectivity index (χ3v) is 5.97. The molecule has 30 heavy (non-hydrogen) atoms. The standard InChI is InChI=1S/C21H23N5O3S/c1-28-15-10-11-17(19(12-15)29-2)22-20(27)13-30-21-23-24-25-26(21)18-9-5-7-14-6-3-4-8-16(14)18/h5,7,9-12H,3-4,6,8,13H2,1-2H3,(H,22,27). The highest BCUT2D eigenvalue weighted by Gasteiger charge is 2.18. The largest absolute Gasteiger partial charge is 0.497 e. The number of carbonyl (C=O) groups is 1. The molecule has 0 unspecified atom stereocenters. The Kier molecular flexibility index (Phi) is 6.18. The van der Waals surface area contributed by atoms with Crippen molar-refractivity contribution in [3.05, 3.63) is 47.5 Å². The highest BCUT2D eigenvalue weighted by atomic mass is 32.2. The van der Waals surface area contributed by atoms with Gasteiger partial charge in [0.1, 0.15) is 11.5 Å². The van der Waals surface area contributed by atoms with Gasteiger partial charge in [-0.05, 0) is 65.4 Å². The maximum absolute atomic E-state index is 12.5. The predicted octanol–water partition coefficient (Wildman–Crippen LogP) is 3.29. The van der Waals surface area contributed by atoms with Crippen molar-refractivity contribution >= 4 is 23.4 Å². The van der Waals surface area contributed by atoms with Gasteiger partial charge in [0.2, 0.25) is 11.1 Å². The van der Waals surface area contributed by atoms with Crippen molar-refractivity contribution in [2.24, 2.45) is 0 Å². The molecule has 0 aliphatic heterocycles. The second-order valence-corrected chi connectivity index (χ2v) is 7.84. The average Bonchev–Trinajstić information content (AvgIpc) is 3.26. The summed E-state index contributed by atoms with van der Waals surface area (Å²) in [7, 11) is 3.13. The van der Waals surface area contributed by atoms with Gasteiger partial charge in [0.15, 0.2) is 0 Å². The fraction of sp³-hybridized carbons (Fsp3) is 0.333. The predicted molar refractivity (Wildman–Crippen MR) is 115 cm³/mol. The van der Waals surface area contributed by atoms with Gasteiger partial charge in [0, 0.05) is 6.07 Å². The quantitative estimate of drug-likeness (QED) is 0.581. The Morgan fingerprint density at radius 3 is 2.87 bits per heavy atom. The molecule has 1 heterocycles. The third kappa shape index (κ3) is 4.25. The van der Waals surface area contributed by atoms with Crippen molar-refractivity contribution in [3.8, 4) is 17.2 Å². The van der Waals surface area contributed by atoms with Crippen molar-refractivity contribution in [2.75, 3.05) is 25.3 Å². The third-order valence-electron chi connectivity index (χ3n) is 5.06. The number of nitrogens with one attached hydrogen (secondary N) is 1. The highest BCUT2D eigenvalue weighted by Crippen LogP contribution is 2.30. The maximum atomic E-state index is 12.5. The minimum atomic E-state index is -0.173. The summed E-state index contributed by atoms with van der Waals surface area (Å²) in [5.74, 6) is 1.19. The number of hydrogen-bond acceptors (Lipinski definition) is 7. The molecule has 3 aromatic rings. The van der Waals surface area contributed by atoms with Crippen molar-refractivity contribution in [2.45, 2.75) is 30.8 Å². The van der Waals surface area contributed by atoms with Gasteiger partial charge in [0.05, 0.1) is 31.3 Å². The zero-order valence-corrected chi connectivity index (χ0v) is 17.7. The Morgan fingerprint density at radius 2 is 2.03 bits per heavy atom. The van der Waals surface area contributed by atoms with E-state index in [-0.39, 0.29) is 11.7 Å². The van der Waals surface area contributed by atoms with Crippen LogP contribution in [0.3, 0.4) is 0 Å². The van der Waals surface area contributed by atoms with Gasteiger partial charge in [0.25, 0.3) is 0 Å². The van der Waals surface area contributed by atoms with Crippen LogP contribution in [0.25, 0.3) is 5.69 Å². The molecule has 156 valence electrons. The van der Waals surface area contributed by atoms with E-state index in [1.165, 1.54) is 35.7 Å². The van der Waals surface area contributed by atoms with Gasteiger partial charge >= 0.3 is 0 Å². The van der Waals surface area contributed by atoms with E-state index < -0.39 is 0 Å². The number of anilines is 1. The number of thioether (sulfide) groups is 1. The van der Waals surface area contributed by atoms with E-state index in [2.05, 4.69) is 26.9 Å². The minimum Gasteiger partial charge on any atom is -0.497 e. The van der Waals surface area contributed by atoms with Crippen molar-refractivity contribution in [1.82, 2.24) is 20.2 Å². The first-order chi connectivity index (χ1) is 14.7. The van der Waals surface area contributed by atoms with E-state index in [4.69, 9.17) is 9.47 Å². The lowest BCUT2D eigenvalue weighted by molar-refractivity contribution is -0.113. The van der Waals surface area contributed by atoms with Crippen LogP contribution in [0.15, 0.2) is 41.6 Å². The molecule has 0 radical (unpaired) electrons. The molecule has 1 aliphatic rings. The first-order valence-corrected chi connectivity index (χ1v) is 10.7. The molecule has 0 bridgehead atoms. The van der Waals surface area contributed by atoms with Crippen LogP contribution in [0.5, 0.6) is 11.5 Å².